The number of hydrogen-bond acceptors (Lipinski definition) is 2. The lowest BCUT2D eigenvalue weighted by molar-refractivity contribution is -0.138. The van der Waals surface area contributed by atoms with Crippen molar-refractivity contribution in [1.29, 1.82) is 0 Å². The molecular weight excluding hydrogens is 238 g/mol. The first-order valence-electron chi connectivity index (χ1n) is 6.84. The summed E-state index contributed by atoms with van der Waals surface area (Å²) >= 11 is 0. The molecule has 0 aliphatic carbocycles. The molecule has 0 aromatic rings. The molecule has 0 aromatic carbocycles. The van der Waals surface area contributed by atoms with Crippen molar-refractivity contribution in [1.82, 2.24) is 0 Å². The molecule has 0 bridgehead atoms. The van der Waals surface area contributed by atoms with Crippen molar-refractivity contribution >= 4 is 11.7 Å². The number of carbonyl (C=O) groups excluding carboxylic acids is 2. The average molecular weight is 267 g/mol. The molecule has 0 heterocycles. The van der Waals surface area contributed by atoms with Crippen molar-refractivity contribution in [2.24, 2.45) is 28.4 Å². The van der Waals surface area contributed by atoms with Gasteiger partial charge < -0.3 is 5.73 Å². The lowest BCUT2D eigenvalue weighted by Gasteiger charge is -2.33. The number of hydrogen-bond donors (Lipinski definition) is 1. The van der Waals surface area contributed by atoms with Gasteiger partial charge in [0, 0.05) is 11.3 Å². The molecule has 0 rings (SSSR count). The third kappa shape index (κ3) is 6.04. The maximum Gasteiger partial charge on any atom is 0.221 e. The summed E-state index contributed by atoms with van der Waals surface area (Å²) in [7, 11) is 0. The molecule has 0 fully saturated rings. The summed E-state index contributed by atoms with van der Waals surface area (Å²) in [5.74, 6) is -1.10. The Morgan fingerprint density at radius 1 is 1.11 bits per heavy atom. The first kappa shape index (κ1) is 17.9. The van der Waals surface area contributed by atoms with Crippen molar-refractivity contribution in [2.75, 3.05) is 0 Å². The van der Waals surface area contributed by atoms with Crippen LogP contribution >= 0.6 is 0 Å². The van der Waals surface area contributed by atoms with Gasteiger partial charge in [0.1, 0.15) is 5.78 Å². The predicted molar refractivity (Wildman–Crippen MR) is 79.5 cm³/mol. The molecule has 0 aromatic heterocycles. The Hall–Kier alpha value is -1.12. The van der Waals surface area contributed by atoms with Crippen molar-refractivity contribution < 1.29 is 9.59 Å². The summed E-state index contributed by atoms with van der Waals surface area (Å²) in [5.41, 5.74) is 4.99. The van der Waals surface area contributed by atoms with Crippen LogP contribution in [-0.4, -0.2) is 11.7 Å². The van der Waals surface area contributed by atoms with Crippen LogP contribution in [0.5, 0.6) is 0 Å². The van der Waals surface area contributed by atoms with Gasteiger partial charge in [-0.05, 0) is 18.3 Å². The van der Waals surface area contributed by atoms with E-state index in [4.69, 9.17) is 5.73 Å². The highest BCUT2D eigenvalue weighted by molar-refractivity contribution is 5.91. The normalized spacial score (nSPS) is 15.7. The average Bonchev–Trinajstić information content (AvgIpc) is 2.18. The van der Waals surface area contributed by atoms with E-state index in [1.807, 2.05) is 20.8 Å². The van der Waals surface area contributed by atoms with Gasteiger partial charge in [0.15, 0.2) is 0 Å². The SMILES string of the molecule is C=CC[C@H](C(N)=O)[C@@H](CC(C)(C)C)C(=O)C(C)(C)C. The Balaban J connectivity index is 5.42. The Labute approximate surface area is 117 Å². The molecule has 1 amide bonds. The van der Waals surface area contributed by atoms with E-state index in [1.165, 1.54) is 0 Å². The number of carbonyl (C=O) groups is 2. The van der Waals surface area contributed by atoms with Crippen LogP contribution in [-0.2, 0) is 9.59 Å². The monoisotopic (exact) mass is 267 g/mol. The minimum atomic E-state index is -0.467. The second-order valence-corrected chi connectivity index (χ2v) is 7.52. The molecule has 2 N–H and O–H groups in total. The van der Waals surface area contributed by atoms with E-state index < -0.39 is 17.2 Å². The van der Waals surface area contributed by atoms with Gasteiger partial charge in [-0.3, -0.25) is 9.59 Å². The number of primary amides is 1. The Kier molecular flexibility index (Phi) is 5.98. The first-order chi connectivity index (χ1) is 8.40. The smallest absolute Gasteiger partial charge is 0.221 e. The largest absolute Gasteiger partial charge is 0.369 e. The summed E-state index contributed by atoms with van der Waals surface area (Å²) < 4.78 is 0. The zero-order chi connectivity index (χ0) is 15.4. The number of amides is 1. The van der Waals surface area contributed by atoms with Crippen molar-refractivity contribution in [3.05, 3.63) is 12.7 Å². The molecular formula is C16H29NO2. The first-order valence-corrected chi connectivity index (χ1v) is 6.84. The number of nitrogens with two attached hydrogens (primary N) is 1. The zero-order valence-electron chi connectivity index (χ0n) is 13.2. The molecule has 0 radical (unpaired) electrons. The minimum Gasteiger partial charge on any atom is -0.369 e. The summed E-state index contributed by atoms with van der Waals surface area (Å²) in [6.07, 6.45) is 2.78. The van der Waals surface area contributed by atoms with E-state index in [-0.39, 0.29) is 17.1 Å². The van der Waals surface area contributed by atoms with Crippen LogP contribution in [0.2, 0.25) is 0 Å². The molecule has 0 spiro atoms. The van der Waals surface area contributed by atoms with Crippen molar-refractivity contribution in [3.63, 3.8) is 0 Å². The molecule has 3 nitrogen and oxygen atoms in total. The fraction of sp³-hybridized carbons (Fsp3) is 0.750. The van der Waals surface area contributed by atoms with Crippen molar-refractivity contribution in [2.45, 2.75) is 54.4 Å². The van der Waals surface area contributed by atoms with Crippen LogP contribution in [0.15, 0.2) is 12.7 Å². The quantitative estimate of drug-likeness (QED) is 0.750. The van der Waals surface area contributed by atoms with Gasteiger partial charge in [-0.25, -0.2) is 0 Å². The van der Waals surface area contributed by atoms with Crippen LogP contribution in [0.4, 0.5) is 0 Å². The van der Waals surface area contributed by atoms with Crippen LogP contribution in [0.1, 0.15) is 54.4 Å². The second kappa shape index (κ2) is 6.36. The third-order valence-electron chi connectivity index (χ3n) is 3.18. The lowest BCUT2D eigenvalue weighted by atomic mass is 9.69. The standard InChI is InChI=1S/C16H29NO2/c1-8-9-11(14(17)19)12(10-15(2,3)4)13(18)16(5,6)7/h8,11-12H,1,9-10H2,2-7H3,(H2,17,19)/t11-,12+/m0/s1. The highest BCUT2D eigenvalue weighted by Gasteiger charge is 2.39. The number of Topliss-reactive ketones (excluding diaryl/α,β-unsaturated/α-hetero) is 1. The molecule has 0 saturated heterocycles. The van der Waals surface area contributed by atoms with E-state index in [2.05, 4.69) is 27.4 Å². The number of allylic oxidation sites excluding steroid dienone is 1. The molecule has 0 saturated carbocycles. The van der Waals surface area contributed by atoms with Crippen molar-refractivity contribution in [3.8, 4) is 0 Å². The topological polar surface area (TPSA) is 60.2 Å². The second-order valence-electron chi connectivity index (χ2n) is 7.52. The summed E-state index contributed by atoms with van der Waals surface area (Å²) in [6, 6.07) is 0. The lowest BCUT2D eigenvalue weighted by Crippen LogP contribution is -2.40. The zero-order valence-corrected chi connectivity index (χ0v) is 13.2. The molecule has 0 unspecified atom stereocenters. The maximum absolute atomic E-state index is 12.6. The van der Waals surface area contributed by atoms with Gasteiger partial charge in [-0.1, -0.05) is 47.6 Å². The fourth-order valence-electron chi connectivity index (χ4n) is 2.29. The molecule has 110 valence electrons. The summed E-state index contributed by atoms with van der Waals surface area (Å²) in [4.78, 5) is 24.3. The van der Waals surface area contributed by atoms with Gasteiger partial charge in [0.25, 0.3) is 0 Å². The molecule has 19 heavy (non-hydrogen) atoms. The van der Waals surface area contributed by atoms with Gasteiger partial charge in [-0.15, -0.1) is 6.58 Å². The third-order valence-corrected chi connectivity index (χ3v) is 3.18. The van der Waals surface area contributed by atoms with Crippen LogP contribution in [0.3, 0.4) is 0 Å². The van der Waals surface area contributed by atoms with Crippen LogP contribution < -0.4 is 5.73 Å². The molecule has 3 heteroatoms. The van der Waals surface area contributed by atoms with Gasteiger partial charge in [0.2, 0.25) is 5.91 Å². The van der Waals surface area contributed by atoms with Gasteiger partial charge in [0.05, 0.1) is 5.92 Å². The number of rotatable bonds is 6. The highest BCUT2D eigenvalue weighted by atomic mass is 16.1. The summed E-state index contributed by atoms with van der Waals surface area (Å²) in [6.45, 7) is 15.5. The predicted octanol–water partition coefficient (Wildman–Crippen LogP) is 3.33. The molecule has 0 aliphatic heterocycles. The van der Waals surface area contributed by atoms with E-state index in [9.17, 15) is 9.59 Å². The highest BCUT2D eigenvalue weighted by Crippen LogP contribution is 2.35. The van der Waals surface area contributed by atoms with E-state index in [0.29, 0.717) is 12.8 Å². The van der Waals surface area contributed by atoms with Crippen LogP contribution in [0, 0.1) is 22.7 Å². The Morgan fingerprint density at radius 3 is 1.84 bits per heavy atom. The maximum atomic E-state index is 12.6. The van der Waals surface area contributed by atoms with Gasteiger partial charge in [-0.2, -0.15) is 0 Å². The molecule has 0 aliphatic rings. The van der Waals surface area contributed by atoms with Crippen LogP contribution in [0.25, 0.3) is 0 Å². The fourth-order valence-corrected chi connectivity index (χ4v) is 2.29. The summed E-state index contributed by atoms with van der Waals surface area (Å²) in [5, 5.41) is 0. The van der Waals surface area contributed by atoms with E-state index in [1.54, 1.807) is 6.08 Å². The van der Waals surface area contributed by atoms with E-state index >= 15 is 0 Å². The minimum absolute atomic E-state index is 0.0273. The number of ketones is 1. The van der Waals surface area contributed by atoms with E-state index in [0.717, 1.165) is 0 Å². The Morgan fingerprint density at radius 2 is 1.58 bits per heavy atom. The molecule has 2 atom stereocenters. The Bertz CT molecular complexity index is 345. The van der Waals surface area contributed by atoms with Gasteiger partial charge >= 0.3 is 0 Å².